The van der Waals surface area contributed by atoms with E-state index in [2.05, 4.69) is 35.3 Å². The van der Waals surface area contributed by atoms with E-state index in [9.17, 15) is 0 Å². The first-order valence-electron chi connectivity index (χ1n) is 6.69. The first kappa shape index (κ1) is 11.6. The van der Waals surface area contributed by atoms with Gasteiger partial charge in [0.1, 0.15) is 0 Å². The number of anilines is 1. The van der Waals surface area contributed by atoms with E-state index < -0.39 is 0 Å². The van der Waals surface area contributed by atoms with Crippen molar-refractivity contribution in [2.75, 3.05) is 24.5 Å². The van der Waals surface area contributed by atoms with Crippen LogP contribution in [0.1, 0.15) is 25.3 Å². The van der Waals surface area contributed by atoms with E-state index in [-0.39, 0.29) is 0 Å². The van der Waals surface area contributed by atoms with Crippen molar-refractivity contribution in [1.82, 2.24) is 5.32 Å². The Balaban J connectivity index is 1.82. The summed E-state index contributed by atoms with van der Waals surface area (Å²) in [6.07, 6.45) is 2.69. The first-order valence-corrected chi connectivity index (χ1v) is 6.69. The largest absolute Gasteiger partial charge is 0.369 e. The third-order valence-electron chi connectivity index (χ3n) is 4.16. The van der Waals surface area contributed by atoms with Crippen molar-refractivity contribution < 1.29 is 0 Å². The molecule has 94 valence electrons. The summed E-state index contributed by atoms with van der Waals surface area (Å²) in [6, 6.07) is 10.7. The van der Waals surface area contributed by atoms with Crippen LogP contribution in [0.5, 0.6) is 0 Å². The van der Waals surface area contributed by atoms with Crippen LogP contribution in [-0.2, 0) is 0 Å². The highest BCUT2D eigenvalue weighted by atomic mass is 15.2. The van der Waals surface area contributed by atoms with E-state index in [1.165, 1.54) is 18.5 Å². The van der Waals surface area contributed by atoms with Crippen molar-refractivity contribution in [3.63, 3.8) is 0 Å². The van der Waals surface area contributed by atoms with Crippen LogP contribution >= 0.6 is 0 Å². The summed E-state index contributed by atoms with van der Waals surface area (Å²) >= 11 is 0. The molecule has 0 bridgehead atoms. The summed E-state index contributed by atoms with van der Waals surface area (Å²) in [6.45, 7) is 5.60. The van der Waals surface area contributed by atoms with Gasteiger partial charge in [0.05, 0.1) is 11.6 Å². The molecular formula is C15H19N3. The van der Waals surface area contributed by atoms with Gasteiger partial charge in [0, 0.05) is 36.8 Å². The van der Waals surface area contributed by atoms with Gasteiger partial charge in [-0.1, -0.05) is 0 Å². The third-order valence-corrected chi connectivity index (χ3v) is 4.16. The molecule has 0 aromatic heterocycles. The second kappa shape index (κ2) is 4.29. The van der Waals surface area contributed by atoms with E-state index in [1.807, 2.05) is 12.1 Å². The fraction of sp³-hybridized carbons (Fsp3) is 0.533. The van der Waals surface area contributed by atoms with Gasteiger partial charge in [-0.3, -0.25) is 0 Å². The molecule has 1 N–H and O–H groups in total. The average Bonchev–Trinajstić information content (AvgIpc) is 3.18. The number of nitrogens with one attached hydrogen (secondary N) is 1. The highest BCUT2D eigenvalue weighted by Crippen LogP contribution is 2.47. The summed E-state index contributed by atoms with van der Waals surface area (Å²) in [5.74, 6) is 0. The second-order valence-corrected chi connectivity index (χ2v) is 5.82. The highest BCUT2D eigenvalue weighted by molar-refractivity contribution is 5.50. The van der Waals surface area contributed by atoms with Gasteiger partial charge in [0.25, 0.3) is 0 Å². The predicted octanol–water partition coefficient (Wildman–Crippen LogP) is 2.14. The van der Waals surface area contributed by atoms with Crippen LogP contribution in [0.2, 0.25) is 0 Å². The van der Waals surface area contributed by atoms with Crippen LogP contribution in [0.15, 0.2) is 24.3 Å². The zero-order valence-electron chi connectivity index (χ0n) is 10.8. The molecule has 2 fully saturated rings. The monoisotopic (exact) mass is 241 g/mol. The van der Waals surface area contributed by atoms with Gasteiger partial charge in [0.2, 0.25) is 0 Å². The SMILES string of the molecule is CC1CN(c2ccc(C#N)cc2)CC2(CC2)CN1. The van der Waals surface area contributed by atoms with Crippen molar-refractivity contribution in [3.8, 4) is 6.07 Å². The Kier molecular flexibility index (Phi) is 2.76. The van der Waals surface area contributed by atoms with Gasteiger partial charge in [-0.15, -0.1) is 0 Å². The minimum Gasteiger partial charge on any atom is -0.369 e. The van der Waals surface area contributed by atoms with E-state index in [0.29, 0.717) is 11.5 Å². The van der Waals surface area contributed by atoms with E-state index in [1.54, 1.807) is 0 Å². The Hall–Kier alpha value is -1.53. The molecule has 0 radical (unpaired) electrons. The van der Waals surface area contributed by atoms with Crippen LogP contribution < -0.4 is 10.2 Å². The molecule has 1 heterocycles. The van der Waals surface area contributed by atoms with Crippen LogP contribution in [0.3, 0.4) is 0 Å². The maximum Gasteiger partial charge on any atom is 0.0991 e. The molecule has 1 saturated carbocycles. The highest BCUT2D eigenvalue weighted by Gasteiger charge is 2.45. The normalized spacial score (nSPS) is 25.6. The van der Waals surface area contributed by atoms with Gasteiger partial charge in [-0.2, -0.15) is 5.26 Å². The van der Waals surface area contributed by atoms with Gasteiger partial charge in [-0.25, -0.2) is 0 Å². The standard InChI is InChI=1S/C15H19N3/c1-12-9-18(11-15(6-7-15)10-17-12)14-4-2-13(8-16)3-5-14/h2-5,12,17H,6-7,9-11H2,1H3. The minimum absolute atomic E-state index is 0.513. The topological polar surface area (TPSA) is 39.1 Å². The maximum atomic E-state index is 8.85. The number of nitrogens with zero attached hydrogens (tertiary/aromatic N) is 2. The summed E-state index contributed by atoms with van der Waals surface area (Å²) in [4.78, 5) is 2.47. The number of nitriles is 1. The summed E-state index contributed by atoms with van der Waals surface area (Å²) in [7, 11) is 0. The predicted molar refractivity (Wildman–Crippen MR) is 72.5 cm³/mol. The molecule has 1 aromatic rings. The Labute approximate surface area is 108 Å². The van der Waals surface area contributed by atoms with Crippen LogP contribution in [0.4, 0.5) is 5.69 Å². The van der Waals surface area contributed by atoms with Crippen molar-refractivity contribution in [2.24, 2.45) is 5.41 Å². The van der Waals surface area contributed by atoms with Gasteiger partial charge in [-0.05, 0) is 44.0 Å². The first-order chi connectivity index (χ1) is 8.71. The second-order valence-electron chi connectivity index (χ2n) is 5.82. The van der Waals surface area contributed by atoms with Gasteiger partial charge >= 0.3 is 0 Å². The summed E-state index contributed by atoms with van der Waals surface area (Å²) < 4.78 is 0. The van der Waals surface area contributed by atoms with Crippen molar-refractivity contribution >= 4 is 5.69 Å². The molecule has 0 amide bonds. The molecule has 1 atom stereocenters. The molecule has 1 aliphatic carbocycles. The van der Waals surface area contributed by atoms with Gasteiger partial charge < -0.3 is 10.2 Å². The maximum absolute atomic E-state index is 8.85. The lowest BCUT2D eigenvalue weighted by molar-refractivity contribution is 0.479. The summed E-state index contributed by atoms with van der Waals surface area (Å²) in [5.41, 5.74) is 2.50. The molecule has 1 spiro atoms. The number of benzene rings is 1. The number of rotatable bonds is 1. The summed E-state index contributed by atoms with van der Waals surface area (Å²) in [5, 5.41) is 12.5. The quantitative estimate of drug-likeness (QED) is 0.818. The third kappa shape index (κ3) is 2.21. The van der Waals surface area contributed by atoms with Crippen LogP contribution in [0.25, 0.3) is 0 Å². The lowest BCUT2D eigenvalue weighted by Gasteiger charge is -2.27. The Morgan fingerprint density at radius 3 is 2.67 bits per heavy atom. The van der Waals surface area contributed by atoms with Gasteiger partial charge in [0.15, 0.2) is 0 Å². The zero-order valence-corrected chi connectivity index (χ0v) is 10.8. The Bertz CT molecular complexity index is 468. The zero-order chi connectivity index (χ0) is 12.6. The smallest absolute Gasteiger partial charge is 0.0991 e. The van der Waals surface area contributed by atoms with Crippen LogP contribution in [-0.4, -0.2) is 25.7 Å². The molecule has 3 heteroatoms. The molecule has 1 aromatic carbocycles. The van der Waals surface area contributed by atoms with Crippen LogP contribution in [0, 0.1) is 16.7 Å². The molecule has 3 nitrogen and oxygen atoms in total. The minimum atomic E-state index is 0.513. The lowest BCUT2D eigenvalue weighted by atomic mass is 10.1. The molecule has 2 aliphatic rings. The number of hydrogen-bond acceptors (Lipinski definition) is 3. The van der Waals surface area contributed by atoms with Crippen molar-refractivity contribution in [1.29, 1.82) is 5.26 Å². The van der Waals surface area contributed by atoms with Crippen molar-refractivity contribution in [2.45, 2.75) is 25.8 Å². The fourth-order valence-electron chi connectivity index (χ4n) is 2.77. The lowest BCUT2D eigenvalue weighted by Crippen LogP contribution is -2.35. The Morgan fingerprint density at radius 2 is 2.06 bits per heavy atom. The number of hydrogen-bond donors (Lipinski definition) is 1. The molecule has 1 aliphatic heterocycles. The van der Waals surface area contributed by atoms with Crippen molar-refractivity contribution in [3.05, 3.63) is 29.8 Å². The molecule has 1 unspecified atom stereocenters. The molecular weight excluding hydrogens is 222 g/mol. The average molecular weight is 241 g/mol. The Morgan fingerprint density at radius 1 is 1.33 bits per heavy atom. The molecule has 1 saturated heterocycles. The van der Waals surface area contributed by atoms with E-state index in [4.69, 9.17) is 5.26 Å². The fourth-order valence-corrected chi connectivity index (χ4v) is 2.77. The molecule has 3 rings (SSSR count). The molecule has 18 heavy (non-hydrogen) atoms. The van der Waals surface area contributed by atoms with E-state index >= 15 is 0 Å². The van der Waals surface area contributed by atoms with E-state index in [0.717, 1.165) is 25.2 Å².